The fourth-order valence-corrected chi connectivity index (χ4v) is 3.04. The van der Waals surface area contributed by atoms with Gasteiger partial charge in [-0.05, 0) is 55.7 Å². The van der Waals surface area contributed by atoms with Crippen LogP contribution in [0.2, 0.25) is 5.02 Å². The van der Waals surface area contributed by atoms with Crippen LogP contribution in [0.3, 0.4) is 0 Å². The minimum Gasteiger partial charge on any atom is -0.482 e. The number of ether oxygens (including phenoxy) is 1. The number of hydrogen-bond acceptors (Lipinski definition) is 3. The number of alkyl halides is 3. The van der Waals surface area contributed by atoms with Gasteiger partial charge in [0.25, 0.3) is 0 Å². The van der Waals surface area contributed by atoms with E-state index in [9.17, 15) is 18.0 Å². The Morgan fingerprint density at radius 1 is 1.24 bits per heavy atom. The van der Waals surface area contributed by atoms with Crippen LogP contribution in [0.15, 0.2) is 18.2 Å². The highest BCUT2D eigenvalue weighted by molar-refractivity contribution is 6.30. The van der Waals surface area contributed by atoms with Crippen LogP contribution >= 0.6 is 11.6 Å². The summed E-state index contributed by atoms with van der Waals surface area (Å²) < 4.78 is 41.8. The molecule has 0 aromatic heterocycles. The first kappa shape index (κ1) is 18.2. The molecule has 8 heteroatoms. The van der Waals surface area contributed by atoms with Gasteiger partial charge >= 0.3 is 6.18 Å². The highest BCUT2D eigenvalue weighted by atomic mass is 35.5. The molecule has 25 heavy (non-hydrogen) atoms. The molecule has 0 unspecified atom stereocenters. The Balaban J connectivity index is 1.55. The van der Waals surface area contributed by atoms with E-state index < -0.39 is 12.8 Å². The van der Waals surface area contributed by atoms with Gasteiger partial charge in [-0.2, -0.15) is 13.2 Å². The van der Waals surface area contributed by atoms with E-state index in [4.69, 9.17) is 16.3 Å². The average molecular weight is 377 g/mol. The van der Waals surface area contributed by atoms with Crippen LogP contribution in [0.5, 0.6) is 5.75 Å². The van der Waals surface area contributed by atoms with Crippen molar-refractivity contribution >= 4 is 23.2 Å². The minimum absolute atomic E-state index is 0.00969. The van der Waals surface area contributed by atoms with Crippen molar-refractivity contribution < 1.29 is 22.7 Å². The summed E-state index contributed by atoms with van der Waals surface area (Å²) in [5.41, 5.74) is 0.265. The highest BCUT2D eigenvalue weighted by Crippen LogP contribution is 2.44. The first-order valence-corrected chi connectivity index (χ1v) is 8.72. The van der Waals surface area contributed by atoms with Gasteiger partial charge in [0.15, 0.2) is 6.61 Å². The lowest BCUT2D eigenvalue weighted by Crippen LogP contribution is -2.41. The summed E-state index contributed by atoms with van der Waals surface area (Å²) in [6.07, 6.45) is 0.171. The number of rotatable bonds is 8. The van der Waals surface area contributed by atoms with Crippen molar-refractivity contribution in [2.45, 2.75) is 37.9 Å². The molecular formula is C17H20ClF3N2O2. The Bertz CT molecular complexity index is 619. The molecule has 2 saturated carbocycles. The van der Waals surface area contributed by atoms with Crippen molar-refractivity contribution in [1.82, 2.24) is 5.32 Å². The molecule has 0 spiro atoms. The third-order valence-electron chi connectivity index (χ3n) is 4.36. The standard InChI is InChI=1S/C17H20ClF3N2O2/c18-12-5-6-14(25-9-17(19,20)21)13(7-12)22-8-15(24)23-16(10-1-2-10)11-3-4-11/h5-7,10-11,16,22H,1-4,8-9H2,(H,23,24). The lowest BCUT2D eigenvalue weighted by molar-refractivity contribution is -0.153. The molecule has 2 fully saturated rings. The molecule has 0 bridgehead atoms. The third kappa shape index (κ3) is 5.70. The lowest BCUT2D eigenvalue weighted by atomic mass is 10.1. The van der Waals surface area contributed by atoms with Crippen LogP contribution in [0, 0.1) is 11.8 Å². The van der Waals surface area contributed by atoms with E-state index in [1.165, 1.54) is 18.2 Å². The normalized spacial score (nSPS) is 17.5. The zero-order valence-electron chi connectivity index (χ0n) is 13.5. The molecule has 2 aliphatic rings. The smallest absolute Gasteiger partial charge is 0.422 e. The van der Waals surface area contributed by atoms with E-state index in [-0.39, 0.29) is 29.9 Å². The molecule has 4 nitrogen and oxygen atoms in total. The van der Waals surface area contributed by atoms with Gasteiger partial charge in [0, 0.05) is 11.1 Å². The topological polar surface area (TPSA) is 50.4 Å². The maximum absolute atomic E-state index is 12.3. The summed E-state index contributed by atoms with van der Waals surface area (Å²) in [6, 6.07) is 4.47. The van der Waals surface area contributed by atoms with E-state index in [1.54, 1.807) is 0 Å². The number of carbonyl (C=O) groups excluding carboxylic acids is 1. The highest BCUT2D eigenvalue weighted by Gasteiger charge is 2.42. The molecule has 0 radical (unpaired) electrons. The fourth-order valence-electron chi connectivity index (χ4n) is 2.87. The lowest BCUT2D eigenvalue weighted by Gasteiger charge is -2.19. The number of halogens is 4. The number of amides is 1. The molecular weight excluding hydrogens is 357 g/mol. The Kier molecular flexibility index (Phi) is 5.32. The minimum atomic E-state index is -4.43. The van der Waals surface area contributed by atoms with Gasteiger partial charge in [-0.25, -0.2) is 0 Å². The average Bonchev–Trinajstić information content (AvgIpc) is 3.42. The Labute approximate surface area is 149 Å². The van der Waals surface area contributed by atoms with E-state index in [1.807, 2.05) is 0 Å². The molecule has 2 N–H and O–H groups in total. The second kappa shape index (κ2) is 7.32. The van der Waals surface area contributed by atoms with E-state index in [0.29, 0.717) is 16.9 Å². The van der Waals surface area contributed by atoms with Crippen LogP contribution in [0.25, 0.3) is 0 Å². The third-order valence-corrected chi connectivity index (χ3v) is 4.59. The number of nitrogens with one attached hydrogen (secondary N) is 2. The van der Waals surface area contributed by atoms with E-state index in [0.717, 1.165) is 25.7 Å². The molecule has 138 valence electrons. The van der Waals surface area contributed by atoms with Crippen molar-refractivity contribution in [3.63, 3.8) is 0 Å². The zero-order valence-corrected chi connectivity index (χ0v) is 14.3. The predicted octanol–water partition coefficient (Wildman–Crippen LogP) is 4.00. The molecule has 1 amide bonds. The molecule has 0 aliphatic heterocycles. The van der Waals surface area contributed by atoms with Crippen molar-refractivity contribution in [3.05, 3.63) is 23.2 Å². The van der Waals surface area contributed by atoms with Gasteiger partial charge in [-0.1, -0.05) is 11.6 Å². The predicted molar refractivity (Wildman–Crippen MR) is 88.9 cm³/mol. The van der Waals surface area contributed by atoms with Crippen LogP contribution in [-0.2, 0) is 4.79 Å². The number of hydrogen-bond donors (Lipinski definition) is 2. The molecule has 1 aromatic rings. The summed E-state index contributed by atoms with van der Waals surface area (Å²) in [4.78, 5) is 12.2. The maximum atomic E-state index is 12.3. The molecule has 0 atom stereocenters. The van der Waals surface area contributed by atoms with Gasteiger partial charge in [0.05, 0.1) is 12.2 Å². The summed E-state index contributed by atoms with van der Waals surface area (Å²) in [5.74, 6) is 0.989. The number of benzene rings is 1. The number of carbonyl (C=O) groups is 1. The second-order valence-corrected chi connectivity index (χ2v) is 7.10. The zero-order chi connectivity index (χ0) is 18.0. The fraction of sp³-hybridized carbons (Fsp3) is 0.588. The van der Waals surface area contributed by atoms with Gasteiger partial charge < -0.3 is 15.4 Å². The van der Waals surface area contributed by atoms with Crippen molar-refractivity contribution in [2.75, 3.05) is 18.5 Å². The molecule has 0 saturated heterocycles. The quantitative estimate of drug-likeness (QED) is 0.721. The van der Waals surface area contributed by atoms with Crippen molar-refractivity contribution in [1.29, 1.82) is 0 Å². The van der Waals surface area contributed by atoms with Crippen LogP contribution in [-0.4, -0.2) is 31.3 Å². The summed E-state index contributed by atoms with van der Waals surface area (Å²) >= 11 is 5.89. The first-order chi connectivity index (χ1) is 11.8. The van der Waals surface area contributed by atoms with E-state index >= 15 is 0 Å². The Morgan fingerprint density at radius 3 is 2.44 bits per heavy atom. The van der Waals surface area contributed by atoms with Gasteiger partial charge in [-0.3, -0.25) is 4.79 Å². The van der Waals surface area contributed by atoms with Gasteiger partial charge in [0.1, 0.15) is 5.75 Å². The largest absolute Gasteiger partial charge is 0.482 e. The maximum Gasteiger partial charge on any atom is 0.422 e. The van der Waals surface area contributed by atoms with Crippen molar-refractivity contribution in [2.24, 2.45) is 11.8 Å². The van der Waals surface area contributed by atoms with Crippen molar-refractivity contribution in [3.8, 4) is 5.75 Å². The number of anilines is 1. The molecule has 3 rings (SSSR count). The van der Waals surface area contributed by atoms with Crippen LogP contribution in [0.4, 0.5) is 18.9 Å². The molecule has 0 heterocycles. The summed E-state index contributed by atoms with van der Waals surface area (Å²) in [6.45, 7) is -1.44. The summed E-state index contributed by atoms with van der Waals surface area (Å²) in [7, 11) is 0. The SMILES string of the molecule is O=C(CNc1cc(Cl)ccc1OCC(F)(F)F)NC(C1CC1)C1CC1. The van der Waals surface area contributed by atoms with Gasteiger partial charge in [-0.15, -0.1) is 0 Å². The van der Waals surface area contributed by atoms with Crippen LogP contribution in [0.1, 0.15) is 25.7 Å². The van der Waals surface area contributed by atoms with Gasteiger partial charge in [0.2, 0.25) is 5.91 Å². The second-order valence-electron chi connectivity index (χ2n) is 6.67. The molecule has 2 aliphatic carbocycles. The Morgan fingerprint density at radius 2 is 1.88 bits per heavy atom. The monoisotopic (exact) mass is 376 g/mol. The first-order valence-electron chi connectivity index (χ1n) is 8.34. The van der Waals surface area contributed by atoms with E-state index in [2.05, 4.69) is 10.6 Å². The molecule has 1 aromatic carbocycles. The Hall–Kier alpha value is -1.63. The summed E-state index contributed by atoms with van der Waals surface area (Å²) in [5, 5.41) is 6.22. The van der Waals surface area contributed by atoms with Crippen LogP contribution < -0.4 is 15.4 Å².